The Morgan fingerprint density at radius 2 is 2.47 bits per heavy atom. The van der Waals surface area contributed by atoms with E-state index in [1.165, 1.54) is 0 Å². The van der Waals surface area contributed by atoms with Crippen LogP contribution in [0.1, 0.15) is 25.2 Å². The first-order chi connectivity index (χ1) is 7.29. The molecule has 0 amide bonds. The van der Waals surface area contributed by atoms with E-state index in [0.29, 0.717) is 11.9 Å². The molecule has 0 bridgehead atoms. The molecule has 2 heterocycles. The Balaban J connectivity index is 2.09. The number of aromatic amines is 2. The lowest BCUT2D eigenvalue weighted by Gasteiger charge is -2.12. The lowest BCUT2D eigenvalue weighted by molar-refractivity contribution is 0.696. The SMILES string of the molecule is CCC(Nc1n[nH]c(N)n1)c1ncc[nH]1. The molecular weight excluding hydrogens is 194 g/mol. The van der Waals surface area contributed by atoms with Crippen LogP contribution in [-0.4, -0.2) is 25.1 Å². The van der Waals surface area contributed by atoms with Gasteiger partial charge < -0.3 is 16.0 Å². The third-order valence-electron chi connectivity index (χ3n) is 2.06. The number of nitrogens with two attached hydrogens (primary N) is 1. The molecule has 2 rings (SSSR count). The van der Waals surface area contributed by atoms with Crippen molar-refractivity contribution < 1.29 is 0 Å². The van der Waals surface area contributed by atoms with E-state index in [1.807, 2.05) is 0 Å². The lowest BCUT2D eigenvalue weighted by Crippen LogP contribution is -2.12. The molecule has 7 heteroatoms. The van der Waals surface area contributed by atoms with Crippen LogP contribution in [0, 0.1) is 0 Å². The second-order valence-corrected chi connectivity index (χ2v) is 3.12. The smallest absolute Gasteiger partial charge is 0.244 e. The number of hydrogen-bond acceptors (Lipinski definition) is 5. The molecule has 2 aromatic rings. The molecule has 5 N–H and O–H groups in total. The molecule has 0 saturated carbocycles. The van der Waals surface area contributed by atoms with Gasteiger partial charge in [0.2, 0.25) is 11.9 Å². The van der Waals surface area contributed by atoms with E-state index in [0.717, 1.165) is 12.2 Å². The first-order valence-electron chi connectivity index (χ1n) is 4.73. The average Bonchev–Trinajstić information content (AvgIpc) is 2.85. The normalized spacial score (nSPS) is 12.6. The first kappa shape index (κ1) is 9.50. The van der Waals surface area contributed by atoms with Gasteiger partial charge in [-0.15, -0.1) is 5.10 Å². The molecule has 0 aliphatic carbocycles. The highest BCUT2D eigenvalue weighted by Crippen LogP contribution is 2.16. The number of H-pyrrole nitrogens is 2. The molecule has 0 radical (unpaired) electrons. The van der Waals surface area contributed by atoms with Crippen molar-refractivity contribution in [3.63, 3.8) is 0 Å². The minimum absolute atomic E-state index is 0.0650. The van der Waals surface area contributed by atoms with Gasteiger partial charge in [-0.3, -0.25) is 0 Å². The quantitative estimate of drug-likeness (QED) is 0.589. The van der Waals surface area contributed by atoms with Gasteiger partial charge >= 0.3 is 0 Å². The van der Waals surface area contributed by atoms with Gasteiger partial charge in [-0.1, -0.05) is 6.92 Å². The number of anilines is 2. The summed E-state index contributed by atoms with van der Waals surface area (Å²) in [5, 5.41) is 9.59. The predicted molar refractivity (Wildman–Crippen MR) is 56.0 cm³/mol. The fourth-order valence-corrected chi connectivity index (χ4v) is 1.33. The number of nitrogen functional groups attached to an aromatic ring is 1. The number of nitrogens with one attached hydrogen (secondary N) is 3. The number of rotatable bonds is 4. The standard InChI is InChI=1S/C8H13N7/c1-2-5(6-10-3-4-11-6)12-8-13-7(9)14-15-8/h3-5H,2H2,1H3,(H,10,11)(H4,9,12,13,14,15). The summed E-state index contributed by atoms with van der Waals surface area (Å²) in [7, 11) is 0. The summed E-state index contributed by atoms with van der Waals surface area (Å²) in [4.78, 5) is 11.2. The molecule has 0 spiro atoms. The maximum absolute atomic E-state index is 5.42. The van der Waals surface area contributed by atoms with Crippen molar-refractivity contribution in [2.45, 2.75) is 19.4 Å². The zero-order valence-corrected chi connectivity index (χ0v) is 8.36. The fraction of sp³-hybridized carbons (Fsp3) is 0.375. The second kappa shape index (κ2) is 3.99. The lowest BCUT2D eigenvalue weighted by atomic mass is 10.2. The highest BCUT2D eigenvalue weighted by Gasteiger charge is 2.13. The molecule has 1 unspecified atom stereocenters. The molecule has 0 saturated heterocycles. The summed E-state index contributed by atoms with van der Waals surface area (Å²) in [5.41, 5.74) is 5.42. The summed E-state index contributed by atoms with van der Waals surface area (Å²) in [6.45, 7) is 2.05. The Labute approximate surface area is 86.5 Å². The van der Waals surface area contributed by atoms with Crippen LogP contribution in [0.15, 0.2) is 12.4 Å². The summed E-state index contributed by atoms with van der Waals surface area (Å²) < 4.78 is 0. The largest absolute Gasteiger partial charge is 0.368 e. The monoisotopic (exact) mass is 207 g/mol. The van der Waals surface area contributed by atoms with Crippen molar-refractivity contribution in [1.29, 1.82) is 0 Å². The van der Waals surface area contributed by atoms with E-state index in [2.05, 4.69) is 37.4 Å². The number of imidazole rings is 1. The first-order valence-corrected chi connectivity index (χ1v) is 4.73. The maximum atomic E-state index is 5.42. The summed E-state index contributed by atoms with van der Waals surface area (Å²) in [6, 6.07) is 0.0650. The predicted octanol–water partition coefficient (Wildman–Crippen LogP) is 0.673. The third-order valence-corrected chi connectivity index (χ3v) is 2.06. The highest BCUT2D eigenvalue weighted by molar-refractivity contribution is 5.31. The van der Waals surface area contributed by atoms with E-state index < -0.39 is 0 Å². The molecule has 15 heavy (non-hydrogen) atoms. The van der Waals surface area contributed by atoms with Crippen LogP contribution in [0.3, 0.4) is 0 Å². The Hall–Kier alpha value is -2.05. The molecule has 1 atom stereocenters. The van der Waals surface area contributed by atoms with E-state index in [9.17, 15) is 0 Å². The van der Waals surface area contributed by atoms with Crippen molar-refractivity contribution in [3.05, 3.63) is 18.2 Å². The number of aromatic nitrogens is 5. The third kappa shape index (κ3) is 2.06. The van der Waals surface area contributed by atoms with Crippen LogP contribution in [0.25, 0.3) is 0 Å². The summed E-state index contributed by atoms with van der Waals surface area (Å²) >= 11 is 0. The summed E-state index contributed by atoms with van der Waals surface area (Å²) in [5.74, 6) is 1.64. The van der Waals surface area contributed by atoms with Gasteiger partial charge in [0.15, 0.2) is 0 Å². The van der Waals surface area contributed by atoms with Crippen LogP contribution < -0.4 is 11.1 Å². The van der Waals surface area contributed by atoms with Gasteiger partial charge in [-0.2, -0.15) is 4.98 Å². The van der Waals surface area contributed by atoms with Gasteiger partial charge in [0, 0.05) is 12.4 Å². The van der Waals surface area contributed by atoms with Gasteiger partial charge in [0.1, 0.15) is 5.82 Å². The molecular formula is C8H13N7. The topological polar surface area (TPSA) is 108 Å². The van der Waals surface area contributed by atoms with Crippen LogP contribution in [0.5, 0.6) is 0 Å². The maximum Gasteiger partial charge on any atom is 0.244 e. The van der Waals surface area contributed by atoms with E-state index in [4.69, 9.17) is 5.73 Å². The zero-order chi connectivity index (χ0) is 10.7. The van der Waals surface area contributed by atoms with Crippen LogP contribution >= 0.6 is 0 Å². The molecule has 2 aromatic heterocycles. The molecule has 0 aromatic carbocycles. The van der Waals surface area contributed by atoms with Gasteiger partial charge in [-0.05, 0) is 6.42 Å². The highest BCUT2D eigenvalue weighted by atomic mass is 15.3. The van der Waals surface area contributed by atoms with E-state index in [-0.39, 0.29) is 6.04 Å². The van der Waals surface area contributed by atoms with Gasteiger partial charge in [0.25, 0.3) is 0 Å². The van der Waals surface area contributed by atoms with Crippen molar-refractivity contribution >= 4 is 11.9 Å². The van der Waals surface area contributed by atoms with E-state index >= 15 is 0 Å². The van der Waals surface area contributed by atoms with Crippen LogP contribution in [-0.2, 0) is 0 Å². The Bertz CT molecular complexity index is 404. The van der Waals surface area contributed by atoms with E-state index in [1.54, 1.807) is 12.4 Å². The van der Waals surface area contributed by atoms with Crippen LogP contribution in [0.4, 0.5) is 11.9 Å². The average molecular weight is 207 g/mol. The molecule has 0 fully saturated rings. The molecule has 7 nitrogen and oxygen atoms in total. The summed E-state index contributed by atoms with van der Waals surface area (Å²) in [6.07, 6.45) is 4.37. The minimum atomic E-state index is 0.0650. The Morgan fingerprint density at radius 1 is 1.60 bits per heavy atom. The molecule has 0 aliphatic heterocycles. The number of nitrogens with zero attached hydrogens (tertiary/aromatic N) is 3. The Morgan fingerprint density at radius 3 is 3.00 bits per heavy atom. The second-order valence-electron chi connectivity index (χ2n) is 3.12. The van der Waals surface area contributed by atoms with Crippen molar-refractivity contribution in [2.75, 3.05) is 11.1 Å². The fourth-order valence-electron chi connectivity index (χ4n) is 1.33. The van der Waals surface area contributed by atoms with Gasteiger partial charge in [-0.25, -0.2) is 10.1 Å². The van der Waals surface area contributed by atoms with Crippen molar-refractivity contribution in [1.82, 2.24) is 25.1 Å². The molecule has 80 valence electrons. The molecule has 0 aliphatic rings. The van der Waals surface area contributed by atoms with Crippen molar-refractivity contribution in [2.24, 2.45) is 0 Å². The minimum Gasteiger partial charge on any atom is -0.368 e. The van der Waals surface area contributed by atoms with Gasteiger partial charge in [0.05, 0.1) is 6.04 Å². The van der Waals surface area contributed by atoms with Crippen LogP contribution in [0.2, 0.25) is 0 Å². The van der Waals surface area contributed by atoms with Crippen molar-refractivity contribution in [3.8, 4) is 0 Å². The Kier molecular flexibility index (Phi) is 2.53. The number of hydrogen-bond donors (Lipinski definition) is 4. The zero-order valence-electron chi connectivity index (χ0n) is 8.36.